The minimum atomic E-state index is -3.16. The second-order valence-corrected chi connectivity index (χ2v) is 8.16. The number of hydrogen-bond acceptors (Lipinski definition) is 4. The summed E-state index contributed by atoms with van der Waals surface area (Å²) < 4.78 is 29.7. The van der Waals surface area contributed by atoms with Gasteiger partial charge in [-0.1, -0.05) is 19.1 Å². The minimum Gasteiger partial charge on any atom is -0.497 e. The van der Waals surface area contributed by atoms with E-state index in [0.29, 0.717) is 25.9 Å². The van der Waals surface area contributed by atoms with Gasteiger partial charge >= 0.3 is 0 Å². The Kier molecular flexibility index (Phi) is 6.23. The Hall–Kier alpha value is -1.60. The zero-order valence-corrected chi connectivity index (χ0v) is 15.3. The summed E-state index contributed by atoms with van der Waals surface area (Å²) in [5, 5.41) is 3.10. The Morgan fingerprint density at radius 2 is 1.88 bits per heavy atom. The monoisotopic (exact) mass is 354 g/mol. The van der Waals surface area contributed by atoms with Crippen molar-refractivity contribution in [2.24, 2.45) is 5.92 Å². The van der Waals surface area contributed by atoms with Crippen molar-refractivity contribution in [1.82, 2.24) is 9.62 Å². The quantitative estimate of drug-likeness (QED) is 0.847. The molecular formula is C17H26N2O4S. The normalized spacial score (nSPS) is 18.1. The molecule has 0 bridgehead atoms. The highest BCUT2D eigenvalue weighted by Crippen LogP contribution is 2.23. The number of hydrogen-bond donors (Lipinski definition) is 1. The minimum absolute atomic E-state index is 0.00539. The third kappa shape index (κ3) is 4.70. The smallest absolute Gasteiger partial charge is 0.223 e. The molecule has 1 N–H and O–H groups in total. The SMILES string of the molecule is CC[C@H](NC(=O)C1CCN(S(C)(=O)=O)CC1)c1ccc(OC)cc1. The third-order valence-corrected chi connectivity index (χ3v) is 5.84. The molecule has 0 spiro atoms. The molecular weight excluding hydrogens is 328 g/mol. The predicted molar refractivity (Wildman–Crippen MR) is 93.3 cm³/mol. The number of nitrogens with zero attached hydrogens (tertiary/aromatic N) is 1. The van der Waals surface area contributed by atoms with Crippen molar-refractivity contribution in [3.63, 3.8) is 0 Å². The van der Waals surface area contributed by atoms with Crippen molar-refractivity contribution < 1.29 is 17.9 Å². The van der Waals surface area contributed by atoms with Gasteiger partial charge in [0.05, 0.1) is 19.4 Å². The Morgan fingerprint density at radius 3 is 2.33 bits per heavy atom. The Morgan fingerprint density at radius 1 is 1.29 bits per heavy atom. The summed E-state index contributed by atoms with van der Waals surface area (Å²) in [6.45, 7) is 2.86. The summed E-state index contributed by atoms with van der Waals surface area (Å²) in [6.07, 6.45) is 3.14. The van der Waals surface area contributed by atoms with Gasteiger partial charge in [-0.15, -0.1) is 0 Å². The van der Waals surface area contributed by atoms with Gasteiger partial charge in [-0.05, 0) is 37.0 Å². The van der Waals surface area contributed by atoms with Gasteiger partial charge in [-0.3, -0.25) is 4.79 Å². The van der Waals surface area contributed by atoms with E-state index in [9.17, 15) is 13.2 Å². The van der Waals surface area contributed by atoms with Crippen LogP contribution >= 0.6 is 0 Å². The fraction of sp³-hybridized carbons (Fsp3) is 0.588. The number of benzene rings is 1. The molecule has 1 atom stereocenters. The van der Waals surface area contributed by atoms with Crippen LogP contribution in [0.25, 0.3) is 0 Å². The molecule has 1 amide bonds. The predicted octanol–water partition coefficient (Wildman–Crippen LogP) is 1.93. The summed E-state index contributed by atoms with van der Waals surface area (Å²) >= 11 is 0. The Labute approximate surface area is 144 Å². The summed E-state index contributed by atoms with van der Waals surface area (Å²) in [7, 11) is -1.54. The lowest BCUT2D eigenvalue weighted by atomic mass is 9.95. The number of carbonyl (C=O) groups excluding carboxylic acids is 1. The maximum atomic E-state index is 12.5. The summed E-state index contributed by atoms with van der Waals surface area (Å²) in [5.41, 5.74) is 1.04. The molecule has 1 aromatic carbocycles. The molecule has 0 aromatic heterocycles. The van der Waals surface area contributed by atoms with Crippen LogP contribution in [0.1, 0.15) is 37.8 Å². The molecule has 1 heterocycles. The van der Waals surface area contributed by atoms with Gasteiger partial charge < -0.3 is 10.1 Å². The van der Waals surface area contributed by atoms with E-state index < -0.39 is 10.0 Å². The van der Waals surface area contributed by atoms with Crippen LogP contribution in [0, 0.1) is 5.92 Å². The summed E-state index contributed by atoms with van der Waals surface area (Å²) in [6, 6.07) is 7.64. The topological polar surface area (TPSA) is 75.7 Å². The largest absolute Gasteiger partial charge is 0.497 e. The van der Waals surface area contributed by atoms with Gasteiger partial charge in [0.15, 0.2) is 0 Å². The van der Waals surface area contributed by atoms with Crippen molar-refractivity contribution in [3.05, 3.63) is 29.8 Å². The van der Waals surface area contributed by atoms with Gasteiger partial charge in [0, 0.05) is 19.0 Å². The van der Waals surface area contributed by atoms with E-state index in [4.69, 9.17) is 4.74 Å². The number of amides is 1. The molecule has 0 unspecified atom stereocenters. The standard InChI is InChI=1S/C17H26N2O4S/c1-4-16(13-5-7-15(23-2)8-6-13)18-17(20)14-9-11-19(12-10-14)24(3,21)22/h5-8,14,16H,4,9-12H2,1-3H3,(H,18,20)/t16-/m0/s1. The maximum absolute atomic E-state index is 12.5. The zero-order chi connectivity index (χ0) is 17.7. The lowest BCUT2D eigenvalue weighted by Crippen LogP contribution is -2.43. The second kappa shape index (κ2) is 7.98. The summed E-state index contributed by atoms with van der Waals surface area (Å²) in [5.74, 6) is 0.661. The van der Waals surface area contributed by atoms with Crippen LogP contribution < -0.4 is 10.1 Å². The molecule has 1 aromatic rings. The number of nitrogens with one attached hydrogen (secondary N) is 1. The van der Waals surface area contributed by atoms with Crippen molar-refractivity contribution >= 4 is 15.9 Å². The fourth-order valence-electron chi connectivity index (χ4n) is 3.00. The highest BCUT2D eigenvalue weighted by atomic mass is 32.2. The lowest BCUT2D eigenvalue weighted by molar-refractivity contribution is -0.126. The number of sulfonamides is 1. The number of piperidine rings is 1. The van der Waals surface area contributed by atoms with E-state index in [0.717, 1.165) is 17.7 Å². The van der Waals surface area contributed by atoms with Crippen molar-refractivity contribution in [1.29, 1.82) is 0 Å². The van der Waals surface area contributed by atoms with E-state index >= 15 is 0 Å². The molecule has 1 aliphatic rings. The van der Waals surface area contributed by atoms with Gasteiger partial charge in [0.25, 0.3) is 0 Å². The molecule has 134 valence electrons. The van der Waals surface area contributed by atoms with E-state index in [1.165, 1.54) is 10.6 Å². The fourth-order valence-corrected chi connectivity index (χ4v) is 3.87. The maximum Gasteiger partial charge on any atom is 0.223 e. The van der Waals surface area contributed by atoms with Crippen LogP contribution in [0.3, 0.4) is 0 Å². The highest BCUT2D eigenvalue weighted by molar-refractivity contribution is 7.88. The molecule has 2 rings (SSSR count). The number of ether oxygens (including phenoxy) is 1. The molecule has 1 aliphatic heterocycles. The van der Waals surface area contributed by atoms with Crippen LogP contribution in [-0.4, -0.2) is 45.1 Å². The van der Waals surface area contributed by atoms with E-state index in [-0.39, 0.29) is 17.9 Å². The van der Waals surface area contributed by atoms with Crippen molar-refractivity contribution in [2.75, 3.05) is 26.5 Å². The average molecular weight is 354 g/mol. The second-order valence-electron chi connectivity index (χ2n) is 6.18. The molecule has 0 saturated carbocycles. The molecule has 6 nitrogen and oxygen atoms in total. The van der Waals surface area contributed by atoms with Gasteiger partial charge in [0.2, 0.25) is 15.9 Å². The third-order valence-electron chi connectivity index (χ3n) is 4.54. The number of carbonyl (C=O) groups is 1. The van der Waals surface area contributed by atoms with E-state index in [1.807, 2.05) is 31.2 Å². The first kappa shape index (κ1) is 18.7. The van der Waals surface area contributed by atoms with Crippen LogP contribution in [0.4, 0.5) is 0 Å². The first-order chi connectivity index (χ1) is 11.3. The number of methoxy groups -OCH3 is 1. The molecule has 1 saturated heterocycles. The highest BCUT2D eigenvalue weighted by Gasteiger charge is 2.29. The molecule has 7 heteroatoms. The lowest BCUT2D eigenvalue weighted by Gasteiger charge is -2.30. The van der Waals surface area contributed by atoms with Gasteiger partial charge in [-0.25, -0.2) is 12.7 Å². The molecule has 1 fully saturated rings. The number of rotatable bonds is 6. The summed E-state index contributed by atoms with van der Waals surface area (Å²) in [4.78, 5) is 12.5. The van der Waals surface area contributed by atoms with Crippen molar-refractivity contribution in [3.8, 4) is 5.75 Å². The van der Waals surface area contributed by atoms with Crippen LogP contribution in [0.2, 0.25) is 0 Å². The van der Waals surface area contributed by atoms with Crippen molar-refractivity contribution in [2.45, 2.75) is 32.2 Å². The Bertz CT molecular complexity index is 650. The van der Waals surface area contributed by atoms with Gasteiger partial charge in [0.1, 0.15) is 5.75 Å². The first-order valence-electron chi connectivity index (χ1n) is 8.24. The van der Waals surface area contributed by atoms with Crippen LogP contribution in [0.15, 0.2) is 24.3 Å². The Balaban J connectivity index is 1.95. The van der Waals surface area contributed by atoms with Crippen LogP contribution in [0.5, 0.6) is 5.75 Å². The van der Waals surface area contributed by atoms with Crippen LogP contribution in [-0.2, 0) is 14.8 Å². The average Bonchev–Trinajstić information content (AvgIpc) is 2.59. The zero-order valence-electron chi connectivity index (χ0n) is 14.5. The first-order valence-corrected chi connectivity index (χ1v) is 10.1. The molecule has 0 radical (unpaired) electrons. The molecule has 0 aliphatic carbocycles. The van der Waals surface area contributed by atoms with E-state index in [2.05, 4.69) is 5.32 Å². The van der Waals surface area contributed by atoms with Gasteiger partial charge in [-0.2, -0.15) is 0 Å². The molecule has 24 heavy (non-hydrogen) atoms. The van der Waals surface area contributed by atoms with E-state index in [1.54, 1.807) is 7.11 Å².